The van der Waals surface area contributed by atoms with E-state index in [1.54, 1.807) is 6.92 Å². The van der Waals surface area contributed by atoms with Gasteiger partial charge in [0.25, 0.3) is 5.91 Å². The van der Waals surface area contributed by atoms with Crippen molar-refractivity contribution in [1.82, 2.24) is 0 Å². The van der Waals surface area contributed by atoms with Crippen molar-refractivity contribution in [3.63, 3.8) is 0 Å². The molecule has 2 nitrogen and oxygen atoms in total. The lowest BCUT2D eigenvalue weighted by atomic mass is 10.3. The van der Waals surface area contributed by atoms with Crippen LogP contribution in [-0.2, 0) is 4.79 Å². The van der Waals surface area contributed by atoms with Crippen LogP contribution in [0.4, 0.5) is 5.69 Å². The molecule has 0 bridgehead atoms. The maximum atomic E-state index is 11.6. The minimum absolute atomic E-state index is 0.229. The first-order valence-electron chi connectivity index (χ1n) is 4.25. The molecule has 17 heavy (non-hydrogen) atoms. The van der Waals surface area contributed by atoms with Gasteiger partial charge >= 0.3 is 0 Å². The molecule has 0 aliphatic carbocycles. The number of rotatable bonds is 2. The molecule has 0 spiro atoms. The number of nitrogens with one attached hydrogen (secondary N) is 1. The number of hydrogen-bond acceptors (Lipinski definition) is 1. The Hall–Kier alpha value is 0.830. The highest BCUT2D eigenvalue weighted by atomic mass is 79.9. The van der Waals surface area contributed by atoms with E-state index in [2.05, 4.69) is 91.5 Å². The topological polar surface area (TPSA) is 29.1 Å². The van der Waals surface area contributed by atoms with Gasteiger partial charge in [-0.25, -0.2) is 0 Å². The Bertz CT molecular complexity index is 483. The van der Waals surface area contributed by atoms with Crippen LogP contribution in [0.15, 0.2) is 34.5 Å². The third kappa shape index (κ3) is 3.43. The molecule has 0 radical (unpaired) electrons. The van der Waals surface area contributed by atoms with Crippen molar-refractivity contribution >= 4 is 91.2 Å². The van der Waals surface area contributed by atoms with Gasteiger partial charge in [0.1, 0.15) is 0 Å². The molecule has 0 aliphatic heterocycles. The molecule has 1 N–H and O–H groups in total. The van der Waals surface area contributed by atoms with Crippen LogP contribution in [0.2, 0.25) is 0 Å². The van der Waals surface area contributed by atoms with Gasteiger partial charge in [-0.15, -0.1) is 0 Å². The fourth-order valence-corrected chi connectivity index (χ4v) is 4.18. The van der Waals surface area contributed by atoms with Crippen LogP contribution in [0.1, 0.15) is 6.92 Å². The summed E-state index contributed by atoms with van der Waals surface area (Å²) in [5.74, 6) is -0.229. The highest BCUT2D eigenvalue weighted by Crippen LogP contribution is 2.47. The fraction of sp³-hybridized carbons (Fsp3) is 0.100. The van der Waals surface area contributed by atoms with E-state index >= 15 is 0 Å². The predicted octanol–water partition coefficient (Wildman–Crippen LogP) is 6.01. The Morgan fingerprint density at radius 3 is 1.65 bits per heavy atom. The minimum Gasteiger partial charge on any atom is -0.320 e. The van der Waals surface area contributed by atoms with Crippen molar-refractivity contribution in [3.05, 3.63) is 34.5 Å². The summed E-state index contributed by atoms with van der Waals surface area (Å²) in [6.07, 6.45) is 0. The van der Waals surface area contributed by atoms with Crippen LogP contribution in [0.3, 0.4) is 0 Å². The SMILES string of the molecule is C=C(C)C(=O)Nc1c(Br)c(Br)c(Br)c(Br)c1Br. The normalized spacial score (nSPS) is 10.2. The molecule has 0 fully saturated rings. The van der Waals surface area contributed by atoms with Crippen LogP contribution < -0.4 is 5.32 Å². The van der Waals surface area contributed by atoms with Gasteiger partial charge in [-0.3, -0.25) is 4.79 Å². The van der Waals surface area contributed by atoms with Crippen molar-refractivity contribution in [1.29, 1.82) is 0 Å². The second kappa shape index (κ2) is 6.32. The molecule has 1 rings (SSSR count). The molecule has 1 amide bonds. The van der Waals surface area contributed by atoms with Crippen molar-refractivity contribution in [2.45, 2.75) is 6.92 Å². The summed E-state index contributed by atoms with van der Waals surface area (Å²) >= 11 is 17.1. The summed E-state index contributed by atoms with van der Waals surface area (Å²) in [4.78, 5) is 11.6. The quantitative estimate of drug-likeness (QED) is 0.270. The Balaban J connectivity index is 3.35. The maximum absolute atomic E-state index is 11.6. The number of halogens is 5. The minimum atomic E-state index is -0.229. The molecule has 1 aromatic rings. The third-order valence-electron chi connectivity index (χ3n) is 1.84. The fourth-order valence-electron chi connectivity index (χ4n) is 0.935. The van der Waals surface area contributed by atoms with Crippen molar-refractivity contribution < 1.29 is 4.79 Å². The van der Waals surface area contributed by atoms with Crippen LogP contribution >= 0.6 is 79.6 Å². The Morgan fingerprint density at radius 2 is 1.29 bits per heavy atom. The van der Waals surface area contributed by atoms with Gasteiger partial charge in [-0.2, -0.15) is 0 Å². The summed E-state index contributed by atoms with van der Waals surface area (Å²) in [7, 11) is 0. The largest absolute Gasteiger partial charge is 0.320 e. The molecule has 0 saturated carbocycles. The molecule has 0 unspecified atom stereocenters. The zero-order chi connectivity index (χ0) is 13.3. The molecule has 0 heterocycles. The number of benzene rings is 1. The van der Waals surface area contributed by atoms with Crippen LogP contribution in [0, 0.1) is 0 Å². The van der Waals surface area contributed by atoms with E-state index in [1.165, 1.54) is 0 Å². The number of hydrogen-bond donors (Lipinski definition) is 1. The Labute approximate surface area is 141 Å². The highest BCUT2D eigenvalue weighted by molar-refractivity contribution is 9.15. The lowest BCUT2D eigenvalue weighted by Gasteiger charge is -2.14. The van der Waals surface area contributed by atoms with E-state index in [-0.39, 0.29) is 5.91 Å². The molecule has 0 aromatic heterocycles. The first-order chi connectivity index (χ1) is 7.77. The molecule has 0 atom stereocenters. The zero-order valence-electron chi connectivity index (χ0n) is 8.51. The monoisotopic (exact) mass is 551 g/mol. The number of amides is 1. The smallest absolute Gasteiger partial charge is 0.250 e. The van der Waals surface area contributed by atoms with Gasteiger partial charge in [0.05, 0.1) is 14.6 Å². The van der Waals surface area contributed by atoms with Crippen LogP contribution in [0.25, 0.3) is 0 Å². The molecular weight excluding hydrogens is 550 g/mol. The lowest BCUT2D eigenvalue weighted by molar-refractivity contribution is -0.112. The molecule has 0 aliphatic rings. The first-order valence-corrected chi connectivity index (χ1v) is 8.22. The standard InChI is InChI=1S/C10H6Br5NO/c1-3(2)10(17)16-9-7(14)5(12)4(11)6(13)8(9)15/h1H2,2H3,(H,16,17). The Kier molecular flexibility index (Phi) is 5.91. The second-order valence-corrected chi connectivity index (χ2v) is 7.14. The average molecular weight is 556 g/mol. The van der Waals surface area contributed by atoms with E-state index in [4.69, 9.17) is 0 Å². The van der Waals surface area contributed by atoms with E-state index in [9.17, 15) is 4.79 Å². The number of anilines is 1. The van der Waals surface area contributed by atoms with E-state index < -0.39 is 0 Å². The molecule has 92 valence electrons. The highest BCUT2D eigenvalue weighted by Gasteiger charge is 2.19. The van der Waals surface area contributed by atoms with Gasteiger partial charge in [0, 0.05) is 19.0 Å². The van der Waals surface area contributed by atoms with Crippen molar-refractivity contribution in [2.75, 3.05) is 5.32 Å². The second-order valence-electron chi connectivity index (χ2n) is 3.18. The first kappa shape index (κ1) is 15.9. The summed E-state index contributed by atoms with van der Waals surface area (Å²) in [6.45, 7) is 5.25. The van der Waals surface area contributed by atoms with Crippen LogP contribution in [0.5, 0.6) is 0 Å². The van der Waals surface area contributed by atoms with Crippen molar-refractivity contribution in [2.24, 2.45) is 0 Å². The molecule has 7 heteroatoms. The average Bonchev–Trinajstić information content (AvgIpc) is 2.29. The number of carbonyl (C=O) groups excluding carboxylic acids is 1. The maximum Gasteiger partial charge on any atom is 0.250 e. The molecule has 0 saturated heterocycles. The zero-order valence-corrected chi connectivity index (χ0v) is 16.4. The van der Waals surface area contributed by atoms with Gasteiger partial charge < -0.3 is 5.32 Å². The molecule has 1 aromatic carbocycles. The van der Waals surface area contributed by atoms with Gasteiger partial charge in [-0.1, -0.05) is 6.58 Å². The summed E-state index contributed by atoms with van der Waals surface area (Å²) in [5.41, 5.74) is 1.08. The van der Waals surface area contributed by atoms with E-state index in [1.807, 2.05) is 0 Å². The van der Waals surface area contributed by atoms with Gasteiger partial charge in [0.15, 0.2) is 0 Å². The lowest BCUT2D eigenvalue weighted by Crippen LogP contribution is -2.13. The summed E-state index contributed by atoms with van der Waals surface area (Å²) in [5, 5.41) is 2.77. The van der Waals surface area contributed by atoms with E-state index in [0.717, 1.165) is 22.4 Å². The predicted molar refractivity (Wildman–Crippen MR) is 88.4 cm³/mol. The van der Waals surface area contributed by atoms with E-state index in [0.29, 0.717) is 11.3 Å². The Morgan fingerprint density at radius 1 is 0.941 bits per heavy atom. The summed E-state index contributed by atoms with van der Waals surface area (Å²) < 4.78 is 3.96. The third-order valence-corrected chi connectivity index (χ3v) is 7.93. The van der Waals surface area contributed by atoms with Crippen molar-refractivity contribution in [3.8, 4) is 0 Å². The summed E-state index contributed by atoms with van der Waals surface area (Å²) in [6, 6.07) is 0. The molecular formula is C10H6Br5NO. The van der Waals surface area contributed by atoms with Gasteiger partial charge in [-0.05, 0) is 86.6 Å². The number of carbonyl (C=O) groups is 1. The van der Waals surface area contributed by atoms with Gasteiger partial charge in [0.2, 0.25) is 0 Å². The van der Waals surface area contributed by atoms with Crippen LogP contribution in [-0.4, -0.2) is 5.91 Å².